The van der Waals surface area contributed by atoms with Crippen molar-refractivity contribution in [2.24, 2.45) is 7.05 Å². The van der Waals surface area contributed by atoms with Gasteiger partial charge >= 0.3 is 0 Å². The van der Waals surface area contributed by atoms with Gasteiger partial charge in [0, 0.05) is 0 Å². The third kappa shape index (κ3) is 1.29. The quantitative estimate of drug-likeness (QED) is 0.530. The van der Waals surface area contributed by atoms with Crippen molar-refractivity contribution in [1.82, 2.24) is 4.57 Å². The zero-order chi connectivity index (χ0) is 14.4. The Morgan fingerprint density at radius 2 is 1.90 bits per heavy atom. The summed E-state index contributed by atoms with van der Waals surface area (Å²) >= 11 is 0. The molecule has 0 saturated carbocycles. The summed E-state index contributed by atoms with van der Waals surface area (Å²) in [7, 11) is 1.81. The highest BCUT2D eigenvalue weighted by atomic mass is 16.5. The number of nitrogens with zero attached hydrogens (tertiary/aromatic N) is 4. The van der Waals surface area contributed by atoms with Gasteiger partial charge < -0.3 is 14.9 Å². The minimum absolute atomic E-state index is 0.00162. The van der Waals surface area contributed by atoms with E-state index < -0.39 is 5.75 Å². The third-order valence-corrected chi connectivity index (χ3v) is 3.31. The summed E-state index contributed by atoms with van der Waals surface area (Å²) < 4.78 is 8.85. The van der Waals surface area contributed by atoms with E-state index in [1.165, 1.54) is 0 Å². The van der Waals surface area contributed by atoms with Crippen LogP contribution in [-0.2, 0) is 13.7 Å². The topological polar surface area (TPSA) is 106 Å². The number of hydrogen-bond donors (Lipinski definition) is 2. The summed E-state index contributed by atoms with van der Waals surface area (Å²) in [5, 5.41) is 38.4. The molecule has 0 aliphatic carbocycles. The van der Waals surface area contributed by atoms with Crippen molar-refractivity contribution >= 4 is 0 Å². The zero-order valence-corrected chi connectivity index (χ0v) is 10.5. The molecule has 0 spiro atoms. The number of hydrogen-bond acceptors (Lipinski definition) is 5. The number of phenols is 2. The normalized spacial score (nSPS) is 11.8. The molecule has 2 aromatic rings. The number of phenolic OH excluding ortho intramolecular Hbond substituents is 2. The van der Waals surface area contributed by atoms with Crippen molar-refractivity contribution in [2.75, 3.05) is 0 Å². The fourth-order valence-electron chi connectivity index (χ4n) is 2.29. The van der Waals surface area contributed by atoms with Crippen LogP contribution in [0, 0.1) is 22.7 Å². The summed E-state index contributed by atoms with van der Waals surface area (Å²) in [6.07, 6.45) is 3.44. The minimum atomic E-state index is -0.432. The van der Waals surface area contributed by atoms with Crippen LogP contribution in [0.1, 0.15) is 17.0 Å². The van der Waals surface area contributed by atoms with E-state index in [0.717, 1.165) is 5.82 Å². The van der Waals surface area contributed by atoms with E-state index in [1.807, 2.05) is 7.05 Å². The first kappa shape index (κ1) is 11.9. The molecule has 7 nitrogen and oxygen atoms in total. The maximum Gasteiger partial charge on any atom is 0.300 e. The minimum Gasteiger partial charge on any atom is -0.503 e. The van der Waals surface area contributed by atoms with Crippen molar-refractivity contribution in [3.63, 3.8) is 0 Å². The Labute approximate surface area is 113 Å². The number of aromatic nitrogens is 2. The number of nitriles is 2. The van der Waals surface area contributed by atoms with E-state index in [0.29, 0.717) is 0 Å². The molecule has 0 amide bonds. The van der Waals surface area contributed by atoms with E-state index in [9.17, 15) is 10.2 Å². The molecule has 7 heteroatoms. The molecule has 0 unspecified atom stereocenters. The number of fused-ring (bicyclic) bond motifs is 3. The molecule has 0 radical (unpaired) electrons. The second kappa shape index (κ2) is 3.90. The summed E-state index contributed by atoms with van der Waals surface area (Å²) in [4.78, 5) is 0. The Bertz CT molecular complexity index is 820. The molecule has 20 heavy (non-hydrogen) atoms. The van der Waals surface area contributed by atoms with E-state index in [4.69, 9.17) is 15.3 Å². The van der Waals surface area contributed by atoms with Crippen LogP contribution < -0.4 is 9.30 Å². The number of rotatable bonds is 0. The van der Waals surface area contributed by atoms with Crippen LogP contribution in [0.15, 0.2) is 12.4 Å². The van der Waals surface area contributed by atoms with Gasteiger partial charge in [0.25, 0.3) is 5.82 Å². The number of benzene rings is 1. The fourth-order valence-corrected chi connectivity index (χ4v) is 2.29. The van der Waals surface area contributed by atoms with Gasteiger partial charge in [-0.15, -0.1) is 0 Å². The SMILES string of the molecule is C[n+]1ccn2c1COc1c(O)c(C#N)c(C#N)c(O)c1-2. The zero-order valence-electron chi connectivity index (χ0n) is 10.5. The predicted molar refractivity (Wildman–Crippen MR) is 64.0 cm³/mol. The smallest absolute Gasteiger partial charge is 0.300 e. The molecule has 0 saturated heterocycles. The van der Waals surface area contributed by atoms with Crippen molar-refractivity contribution < 1.29 is 19.5 Å². The van der Waals surface area contributed by atoms with Gasteiger partial charge in [0.2, 0.25) is 11.4 Å². The van der Waals surface area contributed by atoms with Gasteiger partial charge in [-0.1, -0.05) is 0 Å². The average Bonchev–Trinajstić information content (AvgIpc) is 2.83. The molecule has 1 aromatic heterocycles. The van der Waals surface area contributed by atoms with Gasteiger partial charge in [0.1, 0.15) is 35.7 Å². The summed E-state index contributed by atoms with van der Waals surface area (Å²) in [5.41, 5.74) is -0.389. The van der Waals surface area contributed by atoms with E-state index in [2.05, 4.69) is 0 Å². The number of imidazole rings is 1. The van der Waals surface area contributed by atoms with Gasteiger partial charge in [-0.05, 0) is 0 Å². The van der Waals surface area contributed by atoms with Gasteiger partial charge in [-0.2, -0.15) is 15.1 Å². The first-order valence-electron chi connectivity index (χ1n) is 5.71. The monoisotopic (exact) mass is 269 g/mol. The first-order valence-corrected chi connectivity index (χ1v) is 5.71. The molecule has 2 heterocycles. The number of aryl methyl sites for hydroxylation is 1. The lowest BCUT2D eigenvalue weighted by atomic mass is 10.0. The Morgan fingerprint density at radius 1 is 1.25 bits per heavy atom. The van der Waals surface area contributed by atoms with Crippen molar-refractivity contribution in [1.29, 1.82) is 10.5 Å². The Hall–Kier alpha value is -3.19. The number of ether oxygens (including phenoxy) is 1. The molecule has 0 fully saturated rings. The maximum atomic E-state index is 10.2. The van der Waals surface area contributed by atoms with Gasteiger partial charge in [0.15, 0.2) is 18.1 Å². The lowest BCUT2D eigenvalue weighted by Gasteiger charge is -2.18. The van der Waals surface area contributed by atoms with E-state index in [-0.39, 0.29) is 34.9 Å². The molecular formula is C13H9N4O3+. The average molecular weight is 269 g/mol. The molecule has 1 aromatic carbocycles. The van der Waals surface area contributed by atoms with Crippen molar-refractivity contribution in [2.45, 2.75) is 6.61 Å². The van der Waals surface area contributed by atoms with Crippen LogP contribution in [0.2, 0.25) is 0 Å². The third-order valence-electron chi connectivity index (χ3n) is 3.31. The first-order chi connectivity index (χ1) is 9.60. The van der Waals surface area contributed by atoms with Crippen LogP contribution in [0.25, 0.3) is 5.69 Å². The molecule has 3 rings (SSSR count). The fraction of sp³-hybridized carbons (Fsp3) is 0.154. The highest BCUT2D eigenvalue weighted by Gasteiger charge is 2.35. The lowest BCUT2D eigenvalue weighted by Crippen LogP contribution is -2.34. The summed E-state index contributed by atoms with van der Waals surface area (Å²) in [6.45, 7) is 0.181. The molecule has 2 N–H and O–H groups in total. The Balaban J connectivity index is 2.45. The van der Waals surface area contributed by atoms with Crippen LogP contribution in [0.3, 0.4) is 0 Å². The highest BCUT2D eigenvalue weighted by Crippen LogP contribution is 2.46. The van der Waals surface area contributed by atoms with Crippen LogP contribution >= 0.6 is 0 Å². The summed E-state index contributed by atoms with van der Waals surface area (Å²) in [5.74, 6) is -0.0737. The maximum absolute atomic E-state index is 10.2. The standard InChI is InChI=1S/C13H8N4O3/c1-16-2-3-17-9(16)6-20-13-10(17)11(18)7(4-14)8(5-15)12(13)19/h2-3H,6H2,1H3,(H-,18,19)/p+1. The van der Waals surface area contributed by atoms with E-state index in [1.54, 1.807) is 33.7 Å². The Morgan fingerprint density at radius 3 is 2.55 bits per heavy atom. The van der Waals surface area contributed by atoms with E-state index >= 15 is 0 Å². The van der Waals surface area contributed by atoms with Crippen LogP contribution in [0.5, 0.6) is 17.2 Å². The largest absolute Gasteiger partial charge is 0.503 e. The molecule has 0 atom stereocenters. The van der Waals surface area contributed by atoms with Gasteiger partial charge in [-0.3, -0.25) is 0 Å². The second-order valence-electron chi connectivity index (χ2n) is 4.33. The second-order valence-corrected chi connectivity index (χ2v) is 4.33. The lowest BCUT2D eigenvalue weighted by molar-refractivity contribution is -0.680. The summed E-state index contributed by atoms with van der Waals surface area (Å²) in [6, 6.07) is 3.44. The van der Waals surface area contributed by atoms with Crippen molar-refractivity contribution in [3.05, 3.63) is 29.3 Å². The highest BCUT2D eigenvalue weighted by molar-refractivity contribution is 5.75. The van der Waals surface area contributed by atoms with Crippen molar-refractivity contribution in [3.8, 4) is 35.1 Å². The number of aromatic hydroxyl groups is 2. The predicted octanol–water partition coefficient (Wildman–Crippen LogP) is 0.349. The van der Waals surface area contributed by atoms with Crippen LogP contribution in [-0.4, -0.2) is 14.8 Å². The molecular weight excluding hydrogens is 260 g/mol. The van der Waals surface area contributed by atoms with Crippen LogP contribution in [0.4, 0.5) is 0 Å². The van der Waals surface area contributed by atoms with Gasteiger partial charge in [-0.25, -0.2) is 4.57 Å². The Kier molecular flexibility index (Phi) is 2.32. The molecule has 0 bridgehead atoms. The van der Waals surface area contributed by atoms with Gasteiger partial charge in [0.05, 0.1) is 7.05 Å². The molecule has 98 valence electrons. The molecule has 1 aliphatic heterocycles. The molecule has 1 aliphatic rings.